The lowest BCUT2D eigenvalue weighted by atomic mass is 9.89. The highest BCUT2D eigenvalue weighted by atomic mass is 16.5. The Hall–Kier alpha value is -1.57. The van der Waals surface area contributed by atoms with Gasteiger partial charge in [0.05, 0.1) is 6.10 Å². The molecule has 17 heavy (non-hydrogen) atoms. The Kier molecular flexibility index (Phi) is 2.50. The standard InChI is InChI=1S/C15H16O2/c1-10-7-8-12-13(9-14(16)15(12)17-10)11-5-3-2-4-6-11/h2-6,10,13H,7-9H2,1H3/t10-,13-/m1/s1. The summed E-state index contributed by atoms with van der Waals surface area (Å²) in [6, 6.07) is 10.3. The van der Waals surface area contributed by atoms with Crippen LogP contribution in [0.25, 0.3) is 0 Å². The molecule has 0 saturated carbocycles. The molecule has 1 aromatic carbocycles. The van der Waals surface area contributed by atoms with Gasteiger partial charge in [-0.1, -0.05) is 30.3 Å². The van der Waals surface area contributed by atoms with Crippen LogP contribution in [0.15, 0.2) is 41.7 Å². The highest BCUT2D eigenvalue weighted by Gasteiger charge is 2.37. The number of carbonyl (C=O) groups is 1. The molecule has 3 rings (SSSR count). The van der Waals surface area contributed by atoms with Gasteiger partial charge in [-0.2, -0.15) is 0 Å². The van der Waals surface area contributed by atoms with E-state index in [4.69, 9.17) is 4.74 Å². The normalized spacial score (nSPS) is 27.9. The molecule has 0 bridgehead atoms. The van der Waals surface area contributed by atoms with Gasteiger partial charge in [0, 0.05) is 12.3 Å². The van der Waals surface area contributed by atoms with E-state index >= 15 is 0 Å². The molecule has 1 heterocycles. The van der Waals surface area contributed by atoms with E-state index in [-0.39, 0.29) is 17.8 Å². The lowest BCUT2D eigenvalue weighted by Gasteiger charge is -2.23. The highest BCUT2D eigenvalue weighted by Crippen LogP contribution is 2.43. The van der Waals surface area contributed by atoms with Crippen LogP contribution in [0.2, 0.25) is 0 Å². The first-order valence-electron chi connectivity index (χ1n) is 6.23. The molecule has 0 spiro atoms. The van der Waals surface area contributed by atoms with Crippen LogP contribution in [-0.4, -0.2) is 11.9 Å². The van der Waals surface area contributed by atoms with E-state index in [0.717, 1.165) is 12.8 Å². The molecular weight excluding hydrogens is 212 g/mol. The number of ether oxygens (including phenoxy) is 1. The average molecular weight is 228 g/mol. The summed E-state index contributed by atoms with van der Waals surface area (Å²) in [4.78, 5) is 12.0. The smallest absolute Gasteiger partial charge is 0.198 e. The summed E-state index contributed by atoms with van der Waals surface area (Å²) in [7, 11) is 0. The third-order valence-corrected chi connectivity index (χ3v) is 3.70. The van der Waals surface area contributed by atoms with Crippen LogP contribution in [0.1, 0.15) is 37.7 Å². The molecule has 1 aliphatic heterocycles. The molecule has 0 fully saturated rings. The van der Waals surface area contributed by atoms with E-state index in [1.54, 1.807) is 0 Å². The quantitative estimate of drug-likeness (QED) is 0.737. The van der Waals surface area contributed by atoms with E-state index in [1.165, 1.54) is 11.1 Å². The first-order chi connectivity index (χ1) is 8.25. The predicted molar refractivity (Wildman–Crippen MR) is 65.6 cm³/mol. The molecule has 1 aliphatic carbocycles. The second-order valence-electron chi connectivity index (χ2n) is 4.91. The van der Waals surface area contributed by atoms with E-state index in [1.807, 2.05) is 25.1 Å². The molecule has 0 aromatic heterocycles. The molecule has 2 heteroatoms. The van der Waals surface area contributed by atoms with Crippen LogP contribution >= 0.6 is 0 Å². The third kappa shape index (κ3) is 1.78. The minimum absolute atomic E-state index is 0.181. The van der Waals surface area contributed by atoms with Crippen molar-refractivity contribution < 1.29 is 9.53 Å². The van der Waals surface area contributed by atoms with Gasteiger partial charge in [0.1, 0.15) is 0 Å². The van der Waals surface area contributed by atoms with Gasteiger partial charge >= 0.3 is 0 Å². The zero-order valence-electron chi connectivity index (χ0n) is 9.98. The monoisotopic (exact) mass is 228 g/mol. The first kappa shape index (κ1) is 10.6. The van der Waals surface area contributed by atoms with Crippen molar-refractivity contribution in [2.24, 2.45) is 0 Å². The fourth-order valence-corrected chi connectivity index (χ4v) is 2.79. The predicted octanol–water partition coefficient (Wildman–Crippen LogP) is 3.20. The van der Waals surface area contributed by atoms with Gasteiger partial charge in [0.15, 0.2) is 11.5 Å². The Labute approximate surface area is 101 Å². The first-order valence-corrected chi connectivity index (χ1v) is 6.23. The number of carbonyl (C=O) groups excluding carboxylic acids is 1. The summed E-state index contributed by atoms with van der Waals surface area (Å²) in [6.45, 7) is 2.03. The Bertz CT molecular complexity index is 473. The van der Waals surface area contributed by atoms with Gasteiger partial charge in [0.2, 0.25) is 0 Å². The topological polar surface area (TPSA) is 26.3 Å². The number of Topliss-reactive ketones (excluding diaryl/α,β-unsaturated/α-hetero) is 1. The van der Waals surface area contributed by atoms with Crippen molar-refractivity contribution in [3.63, 3.8) is 0 Å². The van der Waals surface area contributed by atoms with Gasteiger partial charge < -0.3 is 4.74 Å². The Balaban J connectivity index is 1.97. The third-order valence-electron chi connectivity index (χ3n) is 3.70. The van der Waals surface area contributed by atoms with E-state index in [9.17, 15) is 4.79 Å². The van der Waals surface area contributed by atoms with Crippen LogP contribution in [0.3, 0.4) is 0 Å². The molecule has 0 amide bonds. The lowest BCUT2D eigenvalue weighted by Crippen LogP contribution is -2.16. The molecule has 2 nitrogen and oxygen atoms in total. The minimum atomic E-state index is 0.181. The molecule has 0 unspecified atom stereocenters. The van der Waals surface area contributed by atoms with Gasteiger partial charge in [-0.25, -0.2) is 0 Å². The fourth-order valence-electron chi connectivity index (χ4n) is 2.79. The summed E-state index contributed by atoms with van der Waals surface area (Å²) < 4.78 is 5.70. The summed E-state index contributed by atoms with van der Waals surface area (Å²) in [5.41, 5.74) is 2.46. The van der Waals surface area contributed by atoms with Crippen LogP contribution in [0.5, 0.6) is 0 Å². The maximum Gasteiger partial charge on any atom is 0.198 e. The number of benzene rings is 1. The number of hydrogen-bond acceptors (Lipinski definition) is 2. The molecule has 2 aliphatic rings. The second kappa shape index (κ2) is 4.02. The summed E-state index contributed by atoms with van der Waals surface area (Å²) in [6.07, 6.45) is 2.80. The Morgan fingerprint density at radius 1 is 1.24 bits per heavy atom. The Morgan fingerprint density at radius 3 is 2.76 bits per heavy atom. The molecule has 0 saturated heterocycles. The number of rotatable bonds is 1. The zero-order valence-corrected chi connectivity index (χ0v) is 9.98. The van der Waals surface area contributed by atoms with Crippen molar-refractivity contribution in [2.45, 2.75) is 38.2 Å². The van der Waals surface area contributed by atoms with Gasteiger partial charge in [0.25, 0.3) is 0 Å². The van der Waals surface area contributed by atoms with Crippen molar-refractivity contribution >= 4 is 5.78 Å². The van der Waals surface area contributed by atoms with Crippen LogP contribution in [0.4, 0.5) is 0 Å². The van der Waals surface area contributed by atoms with Crippen LogP contribution < -0.4 is 0 Å². The minimum Gasteiger partial charge on any atom is -0.487 e. The van der Waals surface area contributed by atoms with Crippen molar-refractivity contribution in [3.8, 4) is 0 Å². The van der Waals surface area contributed by atoms with Gasteiger partial charge in [-0.05, 0) is 30.9 Å². The summed E-state index contributed by atoms with van der Waals surface area (Å²) >= 11 is 0. The van der Waals surface area contributed by atoms with E-state index in [0.29, 0.717) is 12.2 Å². The SMILES string of the molecule is C[C@@H]1CCC2=C(O1)C(=O)C[C@@H]2c1ccccc1. The lowest BCUT2D eigenvalue weighted by molar-refractivity contribution is -0.119. The van der Waals surface area contributed by atoms with Gasteiger partial charge in [-0.3, -0.25) is 4.79 Å². The highest BCUT2D eigenvalue weighted by molar-refractivity contribution is 5.98. The fraction of sp³-hybridized carbons (Fsp3) is 0.400. The second-order valence-corrected chi connectivity index (χ2v) is 4.91. The number of ketones is 1. The van der Waals surface area contributed by atoms with E-state index < -0.39 is 0 Å². The molecule has 88 valence electrons. The maximum atomic E-state index is 12.0. The zero-order chi connectivity index (χ0) is 11.8. The molecule has 0 N–H and O–H groups in total. The van der Waals surface area contributed by atoms with E-state index in [2.05, 4.69) is 12.1 Å². The molecule has 2 atom stereocenters. The van der Waals surface area contributed by atoms with Crippen LogP contribution in [-0.2, 0) is 9.53 Å². The van der Waals surface area contributed by atoms with Crippen molar-refractivity contribution in [2.75, 3.05) is 0 Å². The Morgan fingerprint density at radius 2 is 2.00 bits per heavy atom. The maximum absolute atomic E-state index is 12.0. The number of allylic oxidation sites excluding steroid dienone is 2. The van der Waals surface area contributed by atoms with Crippen molar-refractivity contribution in [1.82, 2.24) is 0 Å². The van der Waals surface area contributed by atoms with Crippen molar-refractivity contribution in [3.05, 3.63) is 47.2 Å². The largest absolute Gasteiger partial charge is 0.487 e. The average Bonchev–Trinajstić information content (AvgIpc) is 2.68. The summed E-state index contributed by atoms with van der Waals surface area (Å²) in [5, 5.41) is 0. The van der Waals surface area contributed by atoms with Gasteiger partial charge in [-0.15, -0.1) is 0 Å². The molecular formula is C15H16O2. The summed E-state index contributed by atoms with van der Waals surface area (Å²) in [5.74, 6) is 1.10. The van der Waals surface area contributed by atoms with Crippen LogP contribution in [0, 0.1) is 0 Å². The molecule has 1 aromatic rings. The van der Waals surface area contributed by atoms with Crippen molar-refractivity contribution in [1.29, 1.82) is 0 Å². The number of hydrogen-bond donors (Lipinski definition) is 0. The molecule has 0 radical (unpaired) electrons.